The van der Waals surface area contributed by atoms with Crippen molar-refractivity contribution in [2.75, 3.05) is 24.8 Å². The van der Waals surface area contributed by atoms with Crippen molar-refractivity contribution in [3.63, 3.8) is 0 Å². The summed E-state index contributed by atoms with van der Waals surface area (Å²) >= 11 is 0.650. The fourth-order valence-electron chi connectivity index (χ4n) is 2.16. The second-order valence-corrected chi connectivity index (χ2v) is 6.59. The van der Waals surface area contributed by atoms with Gasteiger partial charge in [0, 0.05) is 11.3 Å². The first-order valence-electron chi connectivity index (χ1n) is 8.22. The van der Waals surface area contributed by atoms with E-state index in [2.05, 4.69) is 5.32 Å². The second kappa shape index (κ2) is 10.1. The molecule has 0 saturated heterocycles. The molecule has 1 N–H and O–H groups in total. The largest absolute Gasteiger partial charge is 0.497 e. The second-order valence-electron chi connectivity index (χ2n) is 5.58. The van der Waals surface area contributed by atoms with Crippen LogP contribution in [-0.2, 0) is 4.79 Å². The summed E-state index contributed by atoms with van der Waals surface area (Å²) in [7, 11) is 1.58. The average molecular weight is 399 g/mol. The number of ether oxygens (including phenoxy) is 2. The molecule has 4 nitrogen and oxygen atoms in total. The molecular formula is C19H20F3NO3S. The molecule has 2 rings (SSSR count). The van der Waals surface area contributed by atoms with Crippen LogP contribution in [0.1, 0.15) is 12.8 Å². The molecule has 0 atom stereocenters. The summed E-state index contributed by atoms with van der Waals surface area (Å²) in [5.41, 5.74) is 0.382. The summed E-state index contributed by atoms with van der Waals surface area (Å²) in [5, 5.41) is 2.66. The number of alkyl halides is 3. The highest BCUT2D eigenvalue weighted by atomic mass is 32.2. The Morgan fingerprint density at radius 2 is 1.74 bits per heavy atom. The fourth-order valence-corrected chi connectivity index (χ4v) is 2.93. The molecule has 0 aliphatic heterocycles. The van der Waals surface area contributed by atoms with Gasteiger partial charge >= 0.3 is 6.18 Å². The quantitative estimate of drug-likeness (QED) is 0.468. The highest BCUT2D eigenvalue weighted by Gasteiger charge is 2.27. The molecule has 2 aromatic carbocycles. The number of carbonyl (C=O) groups excluding carboxylic acids is 1. The predicted octanol–water partition coefficient (Wildman–Crippen LogP) is 5.15. The standard InChI is InChI=1S/C19H20F3NO3S/c1-25-14-8-10-15(11-9-14)26-12-4-7-18(24)23-16-5-2-3-6-17(16)27-13-19(20,21)22/h2-3,5-6,8-11H,4,7,12-13H2,1H3,(H,23,24). The number of hydrogen-bond acceptors (Lipinski definition) is 4. The van der Waals surface area contributed by atoms with Gasteiger partial charge in [0.1, 0.15) is 11.5 Å². The molecule has 2 aromatic rings. The number of para-hydroxylation sites is 1. The van der Waals surface area contributed by atoms with Crippen LogP contribution in [0, 0.1) is 0 Å². The Bertz CT molecular complexity index is 736. The number of anilines is 1. The number of methoxy groups -OCH3 is 1. The van der Waals surface area contributed by atoms with Crippen molar-refractivity contribution in [1.82, 2.24) is 0 Å². The number of nitrogens with one attached hydrogen (secondary N) is 1. The minimum absolute atomic E-state index is 0.203. The van der Waals surface area contributed by atoms with Gasteiger partial charge in [0.05, 0.1) is 25.2 Å². The topological polar surface area (TPSA) is 47.6 Å². The van der Waals surface area contributed by atoms with E-state index in [1.165, 1.54) is 0 Å². The first-order chi connectivity index (χ1) is 12.9. The van der Waals surface area contributed by atoms with Crippen LogP contribution in [0.15, 0.2) is 53.4 Å². The number of thioether (sulfide) groups is 1. The normalized spacial score (nSPS) is 11.1. The minimum Gasteiger partial charge on any atom is -0.497 e. The van der Waals surface area contributed by atoms with E-state index in [1.54, 1.807) is 55.6 Å². The van der Waals surface area contributed by atoms with Gasteiger partial charge in [-0.25, -0.2) is 0 Å². The van der Waals surface area contributed by atoms with E-state index in [-0.39, 0.29) is 12.3 Å². The third kappa shape index (κ3) is 7.82. The molecule has 0 unspecified atom stereocenters. The monoisotopic (exact) mass is 399 g/mol. The molecule has 146 valence electrons. The Morgan fingerprint density at radius 3 is 2.41 bits per heavy atom. The van der Waals surface area contributed by atoms with Crippen LogP contribution in [0.3, 0.4) is 0 Å². The highest BCUT2D eigenvalue weighted by Crippen LogP contribution is 2.32. The van der Waals surface area contributed by atoms with E-state index < -0.39 is 11.9 Å². The maximum absolute atomic E-state index is 12.4. The zero-order valence-electron chi connectivity index (χ0n) is 14.7. The molecule has 0 aliphatic carbocycles. The number of benzene rings is 2. The summed E-state index contributed by atoms with van der Waals surface area (Å²) in [6.07, 6.45) is -3.58. The van der Waals surface area contributed by atoms with Gasteiger partial charge in [0.15, 0.2) is 0 Å². The summed E-state index contributed by atoms with van der Waals surface area (Å²) in [4.78, 5) is 12.4. The zero-order chi connectivity index (χ0) is 19.7. The number of carbonyl (C=O) groups is 1. The molecule has 0 spiro atoms. The van der Waals surface area contributed by atoms with Gasteiger partial charge in [-0.2, -0.15) is 13.2 Å². The third-order valence-electron chi connectivity index (χ3n) is 3.43. The van der Waals surface area contributed by atoms with Crippen molar-refractivity contribution < 1.29 is 27.4 Å². The van der Waals surface area contributed by atoms with E-state index in [9.17, 15) is 18.0 Å². The smallest absolute Gasteiger partial charge is 0.398 e. The Hall–Kier alpha value is -2.35. The SMILES string of the molecule is COc1ccc(OCCCC(=O)Nc2ccccc2SCC(F)(F)F)cc1. The van der Waals surface area contributed by atoms with Crippen LogP contribution in [0.25, 0.3) is 0 Å². The van der Waals surface area contributed by atoms with Crippen molar-refractivity contribution >= 4 is 23.4 Å². The van der Waals surface area contributed by atoms with Gasteiger partial charge in [-0.05, 0) is 42.8 Å². The summed E-state index contributed by atoms with van der Waals surface area (Å²) < 4.78 is 47.8. The Labute approximate surface area is 160 Å². The van der Waals surface area contributed by atoms with Crippen LogP contribution in [0.5, 0.6) is 11.5 Å². The first kappa shape index (κ1) is 21.0. The highest BCUT2D eigenvalue weighted by molar-refractivity contribution is 7.99. The molecule has 8 heteroatoms. The predicted molar refractivity (Wildman–Crippen MR) is 99.6 cm³/mol. The Kier molecular flexibility index (Phi) is 7.84. The summed E-state index contributed by atoms with van der Waals surface area (Å²) in [5.74, 6) is 0.123. The molecular weight excluding hydrogens is 379 g/mol. The Morgan fingerprint density at radius 1 is 1.07 bits per heavy atom. The van der Waals surface area contributed by atoms with Crippen LogP contribution >= 0.6 is 11.8 Å². The van der Waals surface area contributed by atoms with Crippen molar-refractivity contribution in [2.24, 2.45) is 0 Å². The lowest BCUT2D eigenvalue weighted by atomic mass is 10.2. The molecule has 27 heavy (non-hydrogen) atoms. The van der Waals surface area contributed by atoms with Gasteiger partial charge in [-0.1, -0.05) is 12.1 Å². The van der Waals surface area contributed by atoms with Crippen LogP contribution in [-0.4, -0.2) is 31.6 Å². The maximum Gasteiger partial charge on any atom is 0.398 e. The van der Waals surface area contributed by atoms with E-state index in [0.29, 0.717) is 41.1 Å². The third-order valence-corrected chi connectivity index (χ3v) is 4.57. The van der Waals surface area contributed by atoms with Gasteiger partial charge in [0.25, 0.3) is 0 Å². The number of halogens is 3. The van der Waals surface area contributed by atoms with Crippen molar-refractivity contribution in [2.45, 2.75) is 23.9 Å². The van der Waals surface area contributed by atoms with Crippen LogP contribution in [0.2, 0.25) is 0 Å². The van der Waals surface area contributed by atoms with Gasteiger partial charge in [0.2, 0.25) is 5.91 Å². The number of rotatable bonds is 9. The minimum atomic E-state index is -4.26. The average Bonchev–Trinajstić information content (AvgIpc) is 2.64. The molecule has 0 bridgehead atoms. The summed E-state index contributed by atoms with van der Waals surface area (Å²) in [6.45, 7) is 0.351. The zero-order valence-corrected chi connectivity index (χ0v) is 15.5. The van der Waals surface area contributed by atoms with Gasteiger partial charge in [-0.15, -0.1) is 11.8 Å². The Balaban J connectivity index is 1.76. The van der Waals surface area contributed by atoms with E-state index in [4.69, 9.17) is 9.47 Å². The van der Waals surface area contributed by atoms with Gasteiger partial charge in [-0.3, -0.25) is 4.79 Å². The molecule has 0 fully saturated rings. The molecule has 0 aliphatic rings. The van der Waals surface area contributed by atoms with Crippen molar-refractivity contribution in [1.29, 1.82) is 0 Å². The molecule has 0 aromatic heterocycles. The lowest BCUT2D eigenvalue weighted by Crippen LogP contribution is -2.14. The lowest BCUT2D eigenvalue weighted by Gasteiger charge is -2.12. The lowest BCUT2D eigenvalue weighted by molar-refractivity contribution is -0.116. The number of amides is 1. The van der Waals surface area contributed by atoms with E-state index >= 15 is 0 Å². The fraction of sp³-hybridized carbons (Fsp3) is 0.316. The molecule has 0 radical (unpaired) electrons. The van der Waals surface area contributed by atoms with Crippen molar-refractivity contribution in [3.8, 4) is 11.5 Å². The molecule has 1 amide bonds. The van der Waals surface area contributed by atoms with E-state index in [0.717, 1.165) is 5.75 Å². The summed E-state index contributed by atoms with van der Waals surface area (Å²) in [6, 6.07) is 13.5. The molecule has 0 saturated carbocycles. The van der Waals surface area contributed by atoms with Gasteiger partial charge < -0.3 is 14.8 Å². The molecule has 0 heterocycles. The van der Waals surface area contributed by atoms with Crippen LogP contribution < -0.4 is 14.8 Å². The number of hydrogen-bond donors (Lipinski definition) is 1. The van der Waals surface area contributed by atoms with Crippen molar-refractivity contribution in [3.05, 3.63) is 48.5 Å². The maximum atomic E-state index is 12.4. The van der Waals surface area contributed by atoms with E-state index in [1.807, 2.05) is 0 Å². The first-order valence-corrected chi connectivity index (χ1v) is 9.21. The van der Waals surface area contributed by atoms with Crippen LogP contribution in [0.4, 0.5) is 18.9 Å².